The number of halogens is 1. The minimum Gasteiger partial charge on any atom is -0.381 e. The van der Waals surface area contributed by atoms with Crippen LogP contribution in [0, 0.1) is 0 Å². The van der Waals surface area contributed by atoms with Gasteiger partial charge >= 0.3 is 0 Å². The zero-order valence-electron chi connectivity index (χ0n) is 17.4. The van der Waals surface area contributed by atoms with Crippen LogP contribution in [0.4, 0.5) is 0 Å². The van der Waals surface area contributed by atoms with Crippen LogP contribution in [0.1, 0.15) is 24.0 Å². The van der Waals surface area contributed by atoms with Crippen LogP contribution in [0.25, 0.3) is 0 Å². The second-order valence-corrected chi connectivity index (χ2v) is 9.73. The molecule has 10 heteroatoms. The molecule has 0 amide bonds. The number of sulfone groups is 1. The van der Waals surface area contributed by atoms with E-state index in [9.17, 15) is 8.42 Å². The Hall–Kier alpha value is -1.66. The van der Waals surface area contributed by atoms with Crippen molar-refractivity contribution in [3.05, 3.63) is 53.9 Å². The van der Waals surface area contributed by atoms with E-state index < -0.39 is 14.6 Å². The van der Waals surface area contributed by atoms with Crippen molar-refractivity contribution in [2.75, 3.05) is 33.1 Å². The lowest BCUT2D eigenvalue weighted by Crippen LogP contribution is -2.53. The Kier molecular flexibility index (Phi) is 9.10. The van der Waals surface area contributed by atoms with Crippen LogP contribution in [0.15, 0.2) is 47.7 Å². The first-order chi connectivity index (χ1) is 13.9. The zero-order valence-corrected chi connectivity index (χ0v) is 20.5. The lowest BCUT2D eigenvalue weighted by Gasteiger charge is -2.35. The molecule has 1 aromatic heterocycles. The molecule has 0 radical (unpaired) electrons. The van der Waals surface area contributed by atoms with Crippen LogP contribution in [-0.4, -0.2) is 62.0 Å². The first kappa shape index (κ1) is 24.6. The summed E-state index contributed by atoms with van der Waals surface area (Å²) in [4.78, 5) is 4.26. The van der Waals surface area contributed by atoms with Crippen molar-refractivity contribution in [3.8, 4) is 0 Å². The van der Waals surface area contributed by atoms with E-state index in [1.807, 2.05) is 29.1 Å². The molecule has 1 aliphatic rings. The third-order valence-electron chi connectivity index (χ3n) is 5.45. The van der Waals surface area contributed by atoms with Gasteiger partial charge in [0.15, 0.2) is 15.8 Å². The Bertz CT molecular complexity index is 926. The monoisotopic (exact) mass is 547 g/mol. The fourth-order valence-corrected chi connectivity index (χ4v) is 4.76. The topological polar surface area (TPSA) is 97.6 Å². The lowest BCUT2D eigenvalue weighted by molar-refractivity contribution is 0.0756. The first-order valence-corrected chi connectivity index (χ1v) is 11.6. The van der Waals surface area contributed by atoms with Gasteiger partial charge in [-0.15, -0.1) is 24.0 Å². The SMILES string of the molecule is CN=C(NCc1ccccc1Cn1cccn1)NCC1(S(C)(=O)=O)CCOCC1.I. The number of aliphatic imine (C=N–C) groups is 1. The van der Waals surface area contributed by atoms with Gasteiger partial charge in [0.2, 0.25) is 0 Å². The maximum atomic E-state index is 12.4. The van der Waals surface area contributed by atoms with E-state index in [2.05, 4.69) is 32.9 Å². The predicted octanol–water partition coefficient (Wildman–Crippen LogP) is 1.81. The van der Waals surface area contributed by atoms with Gasteiger partial charge in [-0.1, -0.05) is 24.3 Å². The van der Waals surface area contributed by atoms with E-state index in [-0.39, 0.29) is 24.0 Å². The van der Waals surface area contributed by atoms with E-state index in [1.165, 1.54) is 6.26 Å². The van der Waals surface area contributed by atoms with Crippen LogP contribution in [0.2, 0.25) is 0 Å². The van der Waals surface area contributed by atoms with Crippen molar-refractivity contribution in [1.82, 2.24) is 20.4 Å². The average Bonchev–Trinajstić information content (AvgIpc) is 3.22. The molecule has 8 nitrogen and oxygen atoms in total. The second-order valence-electron chi connectivity index (χ2n) is 7.32. The van der Waals surface area contributed by atoms with Gasteiger partial charge in [0, 0.05) is 52.0 Å². The number of guanidine groups is 1. The number of aromatic nitrogens is 2. The molecule has 0 unspecified atom stereocenters. The van der Waals surface area contributed by atoms with Crippen LogP contribution < -0.4 is 10.6 Å². The molecule has 1 fully saturated rings. The molecule has 0 saturated carbocycles. The molecule has 2 heterocycles. The minimum atomic E-state index is -3.23. The smallest absolute Gasteiger partial charge is 0.191 e. The summed E-state index contributed by atoms with van der Waals surface area (Å²) in [6.07, 6.45) is 5.98. The summed E-state index contributed by atoms with van der Waals surface area (Å²) in [5.74, 6) is 0.577. The van der Waals surface area contributed by atoms with E-state index in [1.54, 1.807) is 13.2 Å². The minimum absolute atomic E-state index is 0. The number of benzene rings is 1. The summed E-state index contributed by atoms with van der Waals surface area (Å²) in [6.45, 7) is 2.49. The van der Waals surface area contributed by atoms with Crippen molar-refractivity contribution in [1.29, 1.82) is 0 Å². The molecule has 1 saturated heterocycles. The molecule has 0 aliphatic carbocycles. The molecule has 166 valence electrons. The Morgan fingerprint density at radius 2 is 1.90 bits per heavy atom. The van der Waals surface area contributed by atoms with Gasteiger partial charge in [-0.2, -0.15) is 5.10 Å². The Morgan fingerprint density at radius 3 is 2.50 bits per heavy atom. The molecular weight excluding hydrogens is 517 g/mol. The Balaban J connectivity index is 0.00000320. The van der Waals surface area contributed by atoms with Gasteiger partial charge < -0.3 is 15.4 Å². The highest BCUT2D eigenvalue weighted by atomic mass is 127. The molecule has 1 aromatic carbocycles. The maximum Gasteiger partial charge on any atom is 0.191 e. The number of ether oxygens (including phenoxy) is 1. The van der Waals surface area contributed by atoms with Gasteiger partial charge in [-0.05, 0) is 30.0 Å². The highest BCUT2D eigenvalue weighted by Gasteiger charge is 2.42. The van der Waals surface area contributed by atoms with Crippen molar-refractivity contribution >= 4 is 39.8 Å². The number of rotatable bonds is 7. The zero-order chi connectivity index (χ0) is 20.7. The standard InChI is InChI=1S/C20H29N5O3S.HI/c1-21-19(23-16-20(29(2,26)27)8-12-28-13-9-20)22-14-17-6-3-4-7-18(17)15-25-11-5-10-24-25;/h3-7,10-11H,8-9,12-16H2,1-2H3,(H2,21,22,23);1H. The van der Waals surface area contributed by atoms with E-state index >= 15 is 0 Å². The first-order valence-electron chi connectivity index (χ1n) is 9.70. The number of hydrogen-bond acceptors (Lipinski definition) is 5. The Morgan fingerprint density at radius 1 is 1.20 bits per heavy atom. The fourth-order valence-electron chi connectivity index (χ4n) is 3.52. The van der Waals surface area contributed by atoms with Crippen molar-refractivity contribution in [2.45, 2.75) is 30.7 Å². The number of nitrogens with zero attached hydrogens (tertiary/aromatic N) is 3. The van der Waals surface area contributed by atoms with Crippen LogP contribution >= 0.6 is 24.0 Å². The van der Waals surface area contributed by atoms with Gasteiger partial charge in [-0.25, -0.2) is 8.42 Å². The van der Waals surface area contributed by atoms with Crippen molar-refractivity contribution in [3.63, 3.8) is 0 Å². The molecule has 1 aliphatic heterocycles. The van der Waals surface area contributed by atoms with E-state index in [0.717, 1.165) is 11.1 Å². The largest absolute Gasteiger partial charge is 0.381 e. The highest BCUT2D eigenvalue weighted by Crippen LogP contribution is 2.28. The quantitative estimate of drug-likeness (QED) is 0.312. The molecular formula is C20H30IN5O3S. The van der Waals surface area contributed by atoms with Crippen molar-refractivity contribution < 1.29 is 13.2 Å². The summed E-state index contributed by atoms with van der Waals surface area (Å²) in [5.41, 5.74) is 2.30. The maximum absolute atomic E-state index is 12.4. The second kappa shape index (κ2) is 11.1. The molecule has 0 spiro atoms. The van der Waals surface area contributed by atoms with E-state index in [0.29, 0.717) is 51.6 Å². The third-order valence-corrected chi connectivity index (χ3v) is 7.57. The summed E-state index contributed by atoms with van der Waals surface area (Å²) >= 11 is 0. The van der Waals surface area contributed by atoms with Crippen LogP contribution in [0.3, 0.4) is 0 Å². The van der Waals surface area contributed by atoms with Crippen LogP contribution in [0.5, 0.6) is 0 Å². The number of hydrogen-bond donors (Lipinski definition) is 2. The summed E-state index contributed by atoms with van der Waals surface area (Å²) in [5, 5.41) is 10.8. The normalized spacial score (nSPS) is 16.5. The summed E-state index contributed by atoms with van der Waals surface area (Å²) in [6, 6.07) is 10.1. The lowest BCUT2D eigenvalue weighted by atomic mass is 9.99. The molecule has 0 bridgehead atoms. The molecule has 30 heavy (non-hydrogen) atoms. The van der Waals surface area contributed by atoms with E-state index in [4.69, 9.17) is 4.74 Å². The molecule has 0 atom stereocenters. The van der Waals surface area contributed by atoms with Gasteiger partial charge in [0.1, 0.15) is 0 Å². The third kappa shape index (κ3) is 6.17. The summed E-state index contributed by atoms with van der Waals surface area (Å²) in [7, 11) is -1.55. The van der Waals surface area contributed by atoms with Crippen LogP contribution in [-0.2, 0) is 27.7 Å². The average molecular weight is 547 g/mol. The fraction of sp³-hybridized carbons (Fsp3) is 0.500. The molecule has 2 aromatic rings. The molecule has 2 N–H and O–H groups in total. The number of nitrogens with one attached hydrogen (secondary N) is 2. The highest BCUT2D eigenvalue weighted by molar-refractivity contribution is 14.0. The Labute approximate surface area is 195 Å². The van der Waals surface area contributed by atoms with Crippen molar-refractivity contribution in [2.24, 2.45) is 4.99 Å². The van der Waals surface area contributed by atoms with Gasteiger partial charge in [0.05, 0.1) is 11.3 Å². The van der Waals surface area contributed by atoms with Gasteiger partial charge in [-0.3, -0.25) is 9.67 Å². The molecule has 3 rings (SSSR count). The predicted molar refractivity (Wildman–Crippen MR) is 129 cm³/mol. The van der Waals surface area contributed by atoms with Gasteiger partial charge in [0.25, 0.3) is 0 Å². The summed E-state index contributed by atoms with van der Waals surface area (Å²) < 4.78 is 31.3.